The standard InChI is InChI=1S/C24H23NO5/c1-18(26)29-17-24(27)25(16-19-10-6-8-14-22(19)28-2)21-13-7-9-15-23(21)30-20-11-4-3-5-12-20/h3-15H,16-17H2,1-2H3. The molecule has 154 valence electrons. The zero-order valence-corrected chi connectivity index (χ0v) is 16.9. The lowest BCUT2D eigenvalue weighted by Gasteiger charge is -2.25. The molecule has 0 spiro atoms. The van der Waals surface area contributed by atoms with E-state index in [1.54, 1.807) is 19.2 Å². The lowest BCUT2D eigenvalue weighted by Crippen LogP contribution is -2.34. The average Bonchev–Trinajstić information content (AvgIpc) is 2.77. The molecule has 6 nitrogen and oxygen atoms in total. The second-order valence-electron chi connectivity index (χ2n) is 6.45. The van der Waals surface area contributed by atoms with E-state index in [0.717, 1.165) is 5.56 Å². The number of hydrogen-bond donors (Lipinski definition) is 0. The van der Waals surface area contributed by atoms with Gasteiger partial charge in [-0.1, -0.05) is 48.5 Å². The van der Waals surface area contributed by atoms with E-state index >= 15 is 0 Å². The van der Waals surface area contributed by atoms with Gasteiger partial charge in [0.05, 0.1) is 19.3 Å². The summed E-state index contributed by atoms with van der Waals surface area (Å²) in [6.07, 6.45) is 0. The van der Waals surface area contributed by atoms with Crippen LogP contribution >= 0.6 is 0 Å². The van der Waals surface area contributed by atoms with Crippen molar-refractivity contribution in [2.75, 3.05) is 18.6 Å². The van der Waals surface area contributed by atoms with E-state index in [4.69, 9.17) is 14.2 Å². The van der Waals surface area contributed by atoms with Crippen molar-refractivity contribution in [3.05, 3.63) is 84.4 Å². The fourth-order valence-corrected chi connectivity index (χ4v) is 2.93. The number of nitrogens with zero attached hydrogens (tertiary/aromatic N) is 1. The van der Waals surface area contributed by atoms with E-state index in [9.17, 15) is 9.59 Å². The Morgan fingerprint density at radius 1 is 0.833 bits per heavy atom. The lowest BCUT2D eigenvalue weighted by molar-refractivity contribution is -0.145. The molecule has 0 saturated heterocycles. The van der Waals surface area contributed by atoms with Crippen LogP contribution in [0.2, 0.25) is 0 Å². The summed E-state index contributed by atoms with van der Waals surface area (Å²) in [5.41, 5.74) is 1.37. The van der Waals surface area contributed by atoms with Crippen LogP contribution in [0.3, 0.4) is 0 Å². The van der Waals surface area contributed by atoms with Crippen molar-refractivity contribution in [3.63, 3.8) is 0 Å². The van der Waals surface area contributed by atoms with Gasteiger partial charge in [-0.25, -0.2) is 0 Å². The van der Waals surface area contributed by atoms with Crippen LogP contribution in [0, 0.1) is 0 Å². The maximum absolute atomic E-state index is 13.0. The highest BCUT2D eigenvalue weighted by Crippen LogP contribution is 2.34. The Balaban J connectivity index is 1.97. The summed E-state index contributed by atoms with van der Waals surface area (Å²) in [5.74, 6) is 0.920. The van der Waals surface area contributed by atoms with Crippen molar-refractivity contribution in [1.82, 2.24) is 0 Å². The number of rotatable bonds is 8. The number of benzene rings is 3. The van der Waals surface area contributed by atoms with Crippen LogP contribution in [-0.4, -0.2) is 25.6 Å². The summed E-state index contributed by atoms with van der Waals surface area (Å²) in [7, 11) is 1.58. The molecule has 0 aromatic heterocycles. The van der Waals surface area contributed by atoms with Crippen molar-refractivity contribution < 1.29 is 23.8 Å². The van der Waals surface area contributed by atoms with Crippen molar-refractivity contribution in [2.24, 2.45) is 0 Å². The molecular weight excluding hydrogens is 382 g/mol. The Labute approximate surface area is 175 Å². The topological polar surface area (TPSA) is 65.1 Å². The second-order valence-corrected chi connectivity index (χ2v) is 6.45. The first-order chi connectivity index (χ1) is 14.6. The van der Waals surface area contributed by atoms with Gasteiger partial charge >= 0.3 is 5.97 Å². The van der Waals surface area contributed by atoms with Gasteiger partial charge in [0, 0.05) is 12.5 Å². The first-order valence-corrected chi connectivity index (χ1v) is 9.46. The number of anilines is 1. The average molecular weight is 405 g/mol. The van der Waals surface area contributed by atoms with E-state index in [0.29, 0.717) is 22.9 Å². The number of carbonyl (C=O) groups is 2. The van der Waals surface area contributed by atoms with Crippen molar-refractivity contribution in [2.45, 2.75) is 13.5 Å². The highest BCUT2D eigenvalue weighted by atomic mass is 16.5. The number of esters is 1. The highest BCUT2D eigenvalue weighted by molar-refractivity contribution is 5.96. The van der Waals surface area contributed by atoms with Crippen LogP contribution in [-0.2, 0) is 20.9 Å². The molecule has 0 unspecified atom stereocenters. The Kier molecular flexibility index (Phi) is 7.05. The Morgan fingerprint density at radius 3 is 2.17 bits per heavy atom. The third kappa shape index (κ3) is 5.38. The molecule has 0 aliphatic carbocycles. The first-order valence-electron chi connectivity index (χ1n) is 9.46. The quantitative estimate of drug-likeness (QED) is 0.513. The van der Waals surface area contributed by atoms with Crippen LogP contribution < -0.4 is 14.4 Å². The number of para-hydroxylation sites is 4. The summed E-state index contributed by atoms with van der Waals surface area (Å²) >= 11 is 0. The third-order valence-electron chi connectivity index (χ3n) is 4.35. The van der Waals surface area contributed by atoms with Crippen molar-refractivity contribution in [1.29, 1.82) is 0 Å². The second kappa shape index (κ2) is 10.1. The van der Waals surface area contributed by atoms with Crippen LogP contribution in [0.1, 0.15) is 12.5 Å². The monoisotopic (exact) mass is 405 g/mol. The molecule has 0 heterocycles. The summed E-state index contributed by atoms with van der Waals surface area (Å²) in [5, 5.41) is 0. The van der Waals surface area contributed by atoms with Gasteiger partial charge in [-0.3, -0.25) is 9.59 Å². The molecule has 0 saturated carbocycles. The Hall–Kier alpha value is -3.80. The molecule has 0 aliphatic rings. The molecule has 0 atom stereocenters. The molecule has 3 rings (SSSR count). The maximum atomic E-state index is 13.0. The van der Waals surface area contributed by atoms with E-state index < -0.39 is 5.97 Å². The minimum absolute atomic E-state index is 0.222. The first kappa shape index (κ1) is 20.9. The predicted molar refractivity (Wildman–Crippen MR) is 114 cm³/mol. The van der Waals surface area contributed by atoms with Gasteiger partial charge in [-0.05, 0) is 30.3 Å². The maximum Gasteiger partial charge on any atom is 0.303 e. The number of hydrogen-bond acceptors (Lipinski definition) is 5. The zero-order chi connectivity index (χ0) is 21.3. The molecule has 6 heteroatoms. The van der Waals surface area contributed by atoms with Crippen molar-refractivity contribution in [3.8, 4) is 17.2 Å². The van der Waals surface area contributed by atoms with Gasteiger partial charge in [0.1, 0.15) is 11.5 Å². The predicted octanol–water partition coefficient (Wildman–Crippen LogP) is 4.58. The van der Waals surface area contributed by atoms with Crippen LogP contribution in [0.5, 0.6) is 17.2 Å². The summed E-state index contributed by atoms with van der Waals surface area (Å²) < 4.78 is 16.4. The Bertz CT molecular complexity index is 1000. The summed E-state index contributed by atoms with van der Waals surface area (Å²) in [6, 6.07) is 24.0. The third-order valence-corrected chi connectivity index (χ3v) is 4.35. The zero-order valence-electron chi connectivity index (χ0n) is 16.9. The number of methoxy groups -OCH3 is 1. The molecule has 0 N–H and O–H groups in total. The Morgan fingerprint density at radius 2 is 1.47 bits per heavy atom. The number of ether oxygens (including phenoxy) is 3. The minimum Gasteiger partial charge on any atom is -0.496 e. The van der Waals surface area contributed by atoms with Gasteiger partial charge in [-0.15, -0.1) is 0 Å². The van der Waals surface area contributed by atoms with Gasteiger partial charge < -0.3 is 19.1 Å². The van der Waals surface area contributed by atoms with E-state index in [1.165, 1.54) is 11.8 Å². The SMILES string of the molecule is COc1ccccc1CN(C(=O)COC(C)=O)c1ccccc1Oc1ccccc1. The molecule has 0 fully saturated rings. The normalized spacial score (nSPS) is 10.2. The van der Waals surface area contributed by atoms with Crippen LogP contribution in [0.15, 0.2) is 78.9 Å². The molecule has 30 heavy (non-hydrogen) atoms. The molecule has 0 aliphatic heterocycles. The largest absolute Gasteiger partial charge is 0.496 e. The fraction of sp³-hybridized carbons (Fsp3) is 0.167. The van der Waals surface area contributed by atoms with Gasteiger partial charge in [0.2, 0.25) is 0 Å². The highest BCUT2D eigenvalue weighted by Gasteiger charge is 2.22. The smallest absolute Gasteiger partial charge is 0.303 e. The van der Waals surface area contributed by atoms with Crippen molar-refractivity contribution >= 4 is 17.6 Å². The van der Waals surface area contributed by atoms with E-state index in [2.05, 4.69) is 0 Å². The number of amides is 1. The summed E-state index contributed by atoms with van der Waals surface area (Å²) in [6.45, 7) is 1.12. The molecule has 0 bridgehead atoms. The van der Waals surface area contributed by atoms with E-state index in [1.807, 2.05) is 66.7 Å². The lowest BCUT2D eigenvalue weighted by atomic mass is 10.1. The summed E-state index contributed by atoms with van der Waals surface area (Å²) in [4.78, 5) is 25.8. The van der Waals surface area contributed by atoms with E-state index in [-0.39, 0.29) is 19.1 Å². The number of carbonyl (C=O) groups excluding carboxylic acids is 2. The molecule has 3 aromatic rings. The fourth-order valence-electron chi connectivity index (χ4n) is 2.93. The minimum atomic E-state index is -0.519. The molecular formula is C24H23NO5. The van der Waals surface area contributed by atoms with Gasteiger partial charge in [-0.2, -0.15) is 0 Å². The van der Waals surface area contributed by atoms with Crippen LogP contribution in [0.25, 0.3) is 0 Å². The van der Waals surface area contributed by atoms with Gasteiger partial charge in [0.15, 0.2) is 12.4 Å². The molecule has 1 amide bonds. The molecule has 0 radical (unpaired) electrons. The molecule has 3 aromatic carbocycles. The van der Waals surface area contributed by atoms with Gasteiger partial charge in [0.25, 0.3) is 5.91 Å². The van der Waals surface area contributed by atoms with Crippen LogP contribution in [0.4, 0.5) is 5.69 Å².